The van der Waals surface area contributed by atoms with Gasteiger partial charge in [0.25, 0.3) is 5.95 Å². The molecule has 2 heterocycles. The van der Waals surface area contributed by atoms with Crippen LogP contribution in [0.4, 0.5) is 5.69 Å². The quantitative estimate of drug-likeness (QED) is 0.835. The molecule has 2 N–H and O–H groups in total. The van der Waals surface area contributed by atoms with Crippen LogP contribution in [0, 0.1) is 13.8 Å². The minimum absolute atomic E-state index is 0.0891. The molecule has 0 saturated heterocycles. The second-order valence-electron chi connectivity index (χ2n) is 5.58. The monoisotopic (exact) mass is 245 g/mol. The zero-order valence-electron chi connectivity index (χ0n) is 11.5. The Kier molecular flexibility index (Phi) is 2.84. The van der Waals surface area contributed by atoms with E-state index in [2.05, 4.69) is 35.8 Å². The summed E-state index contributed by atoms with van der Waals surface area (Å²) in [6.07, 6.45) is 1.77. The predicted octanol–water partition coefficient (Wildman–Crippen LogP) is 2.16. The third-order valence-electron chi connectivity index (χ3n) is 2.63. The lowest BCUT2D eigenvalue weighted by Crippen LogP contribution is -2.15. The van der Waals surface area contributed by atoms with Crippen molar-refractivity contribution in [3.63, 3.8) is 0 Å². The highest BCUT2D eigenvalue weighted by Gasteiger charge is 2.21. The molecule has 0 fully saturated rings. The number of nitrogens with zero attached hydrogens (tertiary/aromatic N) is 4. The van der Waals surface area contributed by atoms with Crippen LogP contribution in [0.25, 0.3) is 5.95 Å². The first-order chi connectivity index (χ1) is 8.27. The molecule has 0 radical (unpaired) electrons. The molecule has 0 amide bonds. The normalized spacial score (nSPS) is 11.8. The minimum atomic E-state index is -0.0891. The topological polar surface area (TPSA) is 69.6 Å². The Bertz CT molecular complexity index is 557. The maximum absolute atomic E-state index is 6.00. The van der Waals surface area contributed by atoms with Gasteiger partial charge < -0.3 is 5.73 Å². The smallest absolute Gasteiger partial charge is 0.251 e. The summed E-state index contributed by atoms with van der Waals surface area (Å²) in [6.45, 7) is 10.1. The molecule has 18 heavy (non-hydrogen) atoms. The van der Waals surface area contributed by atoms with Gasteiger partial charge in [-0.1, -0.05) is 20.8 Å². The summed E-state index contributed by atoms with van der Waals surface area (Å²) in [6, 6.07) is 1.93. The standard InChI is InChI=1S/C13H19N5/c1-8-6-9(2)16-12(15-8)18-7-10(14)11(17-18)13(3,4)5/h6-7H,14H2,1-5H3. The second kappa shape index (κ2) is 4.08. The first-order valence-corrected chi connectivity index (χ1v) is 5.95. The average Bonchev–Trinajstić information content (AvgIpc) is 2.58. The van der Waals surface area contributed by atoms with E-state index in [4.69, 9.17) is 5.73 Å². The van der Waals surface area contributed by atoms with E-state index >= 15 is 0 Å². The predicted molar refractivity (Wildman–Crippen MR) is 71.7 cm³/mol. The summed E-state index contributed by atoms with van der Waals surface area (Å²) in [5.41, 5.74) is 9.29. The number of hydrogen-bond donors (Lipinski definition) is 1. The maximum Gasteiger partial charge on any atom is 0.251 e. The van der Waals surface area contributed by atoms with Crippen LogP contribution >= 0.6 is 0 Å². The Morgan fingerprint density at radius 1 is 1.11 bits per heavy atom. The summed E-state index contributed by atoms with van der Waals surface area (Å²) in [7, 11) is 0. The largest absolute Gasteiger partial charge is 0.396 e. The van der Waals surface area contributed by atoms with Crippen molar-refractivity contribution in [2.24, 2.45) is 0 Å². The number of aryl methyl sites for hydroxylation is 2. The highest BCUT2D eigenvalue weighted by Crippen LogP contribution is 2.26. The van der Waals surface area contributed by atoms with E-state index < -0.39 is 0 Å². The van der Waals surface area contributed by atoms with Crippen molar-refractivity contribution in [1.82, 2.24) is 19.7 Å². The number of hydrogen-bond acceptors (Lipinski definition) is 4. The highest BCUT2D eigenvalue weighted by atomic mass is 15.4. The zero-order valence-corrected chi connectivity index (χ0v) is 11.5. The van der Waals surface area contributed by atoms with Gasteiger partial charge in [-0.15, -0.1) is 0 Å². The van der Waals surface area contributed by atoms with Crippen molar-refractivity contribution in [3.8, 4) is 5.95 Å². The van der Waals surface area contributed by atoms with Crippen molar-refractivity contribution in [2.45, 2.75) is 40.0 Å². The summed E-state index contributed by atoms with van der Waals surface area (Å²) in [5.74, 6) is 0.565. The van der Waals surface area contributed by atoms with Crippen LogP contribution < -0.4 is 5.73 Å². The van der Waals surface area contributed by atoms with E-state index in [1.165, 1.54) is 0 Å². The molecular formula is C13H19N5. The Morgan fingerprint density at radius 2 is 1.67 bits per heavy atom. The molecule has 0 aromatic carbocycles. The van der Waals surface area contributed by atoms with Crippen LogP contribution in [0.2, 0.25) is 0 Å². The molecule has 0 spiro atoms. The number of rotatable bonds is 1. The van der Waals surface area contributed by atoms with Gasteiger partial charge in [0.2, 0.25) is 0 Å². The van der Waals surface area contributed by atoms with Crippen molar-refractivity contribution >= 4 is 5.69 Å². The highest BCUT2D eigenvalue weighted by molar-refractivity contribution is 5.45. The molecule has 0 aliphatic heterocycles. The lowest BCUT2D eigenvalue weighted by Gasteiger charge is -2.15. The van der Waals surface area contributed by atoms with Gasteiger partial charge >= 0.3 is 0 Å². The molecule has 2 rings (SSSR count). The van der Waals surface area contributed by atoms with Gasteiger partial charge in [0.15, 0.2) is 0 Å². The third kappa shape index (κ3) is 2.34. The Hall–Kier alpha value is -1.91. The molecule has 0 unspecified atom stereocenters. The SMILES string of the molecule is Cc1cc(C)nc(-n2cc(N)c(C(C)(C)C)n2)n1. The lowest BCUT2D eigenvalue weighted by molar-refractivity contribution is 0.559. The molecule has 5 nitrogen and oxygen atoms in total. The Balaban J connectivity index is 2.52. The van der Waals surface area contributed by atoms with E-state index in [1.54, 1.807) is 10.9 Å². The van der Waals surface area contributed by atoms with Crippen LogP contribution in [-0.2, 0) is 5.41 Å². The van der Waals surface area contributed by atoms with Gasteiger partial charge in [-0.05, 0) is 19.9 Å². The second-order valence-corrected chi connectivity index (χ2v) is 5.58. The minimum Gasteiger partial charge on any atom is -0.396 e. The van der Waals surface area contributed by atoms with Crippen molar-refractivity contribution < 1.29 is 0 Å². The van der Waals surface area contributed by atoms with Crippen LogP contribution in [0.15, 0.2) is 12.3 Å². The summed E-state index contributed by atoms with van der Waals surface area (Å²) in [5, 5.41) is 4.50. The summed E-state index contributed by atoms with van der Waals surface area (Å²) in [4.78, 5) is 8.75. The van der Waals surface area contributed by atoms with E-state index in [-0.39, 0.29) is 5.41 Å². The zero-order chi connectivity index (χ0) is 13.5. The Labute approximate surface area is 107 Å². The number of aromatic nitrogens is 4. The Morgan fingerprint density at radius 3 is 2.11 bits per heavy atom. The molecule has 96 valence electrons. The molecule has 2 aromatic heterocycles. The fourth-order valence-corrected chi connectivity index (χ4v) is 1.88. The van der Waals surface area contributed by atoms with Gasteiger partial charge in [-0.2, -0.15) is 5.10 Å². The molecule has 5 heteroatoms. The third-order valence-corrected chi connectivity index (χ3v) is 2.63. The molecule has 0 bridgehead atoms. The number of anilines is 1. The van der Waals surface area contributed by atoms with Crippen molar-refractivity contribution in [3.05, 3.63) is 29.3 Å². The number of nitrogen functional groups attached to an aromatic ring is 1. The maximum atomic E-state index is 6.00. The fraction of sp³-hybridized carbons (Fsp3) is 0.462. The lowest BCUT2D eigenvalue weighted by atomic mass is 9.92. The van der Waals surface area contributed by atoms with Crippen LogP contribution in [0.1, 0.15) is 37.9 Å². The summed E-state index contributed by atoms with van der Waals surface area (Å²) >= 11 is 0. The van der Waals surface area contributed by atoms with Crippen molar-refractivity contribution in [2.75, 3.05) is 5.73 Å². The molecule has 2 aromatic rings. The van der Waals surface area contributed by atoms with Gasteiger partial charge in [0.1, 0.15) is 0 Å². The number of nitrogens with two attached hydrogens (primary N) is 1. The van der Waals surface area contributed by atoms with Crippen molar-refractivity contribution in [1.29, 1.82) is 0 Å². The van der Waals surface area contributed by atoms with Crippen LogP contribution in [0.3, 0.4) is 0 Å². The molecule has 0 saturated carbocycles. The molecule has 0 aliphatic carbocycles. The van der Waals surface area contributed by atoms with E-state index in [0.29, 0.717) is 11.6 Å². The average molecular weight is 245 g/mol. The summed E-state index contributed by atoms with van der Waals surface area (Å²) < 4.78 is 1.65. The van der Waals surface area contributed by atoms with Crippen LogP contribution in [-0.4, -0.2) is 19.7 Å². The molecule has 0 atom stereocenters. The van der Waals surface area contributed by atoms with E-state index in [9.17, 15) is 0 Å². The first-order valence-electron chi connectivity index (χ1n) is 5.95. The van der Waals surface area contributed by atoms with Gasteiger partial charge in [0.05, 0.1) is 17.6 Å². The van der Waals surface area contributed by atoms with E-state index in [1.807, 2.05) is 19.9 Å². The first kappa shape index (κ1) is 12.5. The van der Waals surface area contributed by atoms with Gasteiger partial charge in [-0.25, -0.2) is 14.6 Å². The molecule has 0 aliphatic rings. The molecular weight excluding hydrogens is 226 g/mol. The van der Waals surface area contributed by atoms with Gasteiger partial charge in [0, 0.05) is 16.8 Å². The van der Waals surface area contributed by atoms with E-state index in [0.717, 1.165) is 17.1 Å². The van der Waals surface area contributed by atoms with Gasteiger partial charge in [-0.3, -0.25) is 0 Å². The van der Waals surface area contributed by atoms with Crippen LogP contribution in [0.5, 0.6) is 0 Å². The fourth-order valence-electron chi connectivity index (χ4n) is 1.88.